The lowest BCUT2D eigenvalue weighted by molar-refractivity contribution is 0.202. The first-order valence-corrected chi connectivity index (χ1v) is 8.96. The van der Waals surface area contributed by atoms with Gasteiger partial charge >= 0.3 is 6.03 Å². The molecule has 0 aliphatic carbocycles. The fourth-order valence-corrected chi connectivity index (χ4v) is 3.18. The van der Waals surface area contributed by atoms with E-state index in [0.29, 0.717) is 6.54 Å². The molecule has 1 atom stereocenters. The Hall–Kier alpha value is -2.83. The van der Waals surface area contributed by atoms with E-state index in [9.17, 15) is 4.79 Å². The monoisotopic (exact) mass is 354 g/mol. The number of nitrogens with zero attached hydrogens (tertiary/aromatic N) is 4. The zero-order chi connectivity index (χ0) is 18.7. The van der Waals surface area contributed by atoms with Crippen molar-refractivity contribution in [2.75, 3.05) is 7.05 Å². The van der Waals surface area contributed by atoms with Gasteiger partial charge in [0.05, 0.1) is 12.6 Å². The van der Waals surface area contributed by atoms with E-state index >= 15 is 0 Å². The molecule has 26 heavy (non-hydrogen) atoms. The summed E-state index contributed by atoms with van der Waals surface area (Å²) in [5.74, 6) is 0.774. The molecule has 0 aliphatic heterocycles. The minimum absolute atomic E-state index is 0.137. The van der Waals surface area contributed by atoms with E-state index in [1.54, 1.807) is 18.3 Å². The molecule has 3 rings (SSSR count). The van der Waals surface area contributed by atoms with Crippen LogP contribution in [0.1, 0.15) is 43.4 Å². The second-order valence-electron chi connectivity index (χ2n) is 6.68. The highest BCUT2D eigenvalue weighted by atomic mass is 16.2. The average Bonchev–Trinajstić information content (AvgIpc) is 3.21. The Morgan fingerprint density at radius 1 is 1.38 bits per heavy atom. The number of nitrogens with one attached hydrogen (secondary N) is 2. The van der Waals surface area contributed by atoms with Gasteiger partial charge in [-0.1, -0.05) is 25.1 Å². The topological polar surface area (TPSA) is 78.8 Å². The lowest BCUT2D eigenvalue weighted by Crippen LogP contribution is -2.39. The van der Waals surface area contributed by atoms with Gasteiger partial charge in [0.1, 0.15) is 6.33 Å². The minimum atomic E-state index is -0.206. The van der Waals surface area contributed by atoms with E-state index in [2.05, 4.69) is 46.5 Å². The molecule has 7 heteroatoms. The molecule has 138 valence electrons. The Bertz CT molecular complexity index is 896. The molecule has 0 radical (unpaired) electrons. The van der Waals surface area contributed by atoms with E-state index in [4.69, 9.17) is 0 Å². The zero-order valence-corrected chi connectivity index (χ0v) is 15.8. The number of carbonyl (C=O) groups is 1. The van der Waals surface area contributed by atoms with Crippen LogP contribution in [0.3, 0.4) is 0 Å². The molecule has 0 spiro atoms. The van der Waals surface area contributed by atoms with Crippen molar-refractivity contribution in [2.24, 2.45) is 0 Å². The largest absolute Gasteiger partial charge is 0.357 e. The van der Waals surface area contributed by atoms with Gasteiger partial charge in [-0.05, 0) is 31.9 Å². The molecule has 0 saturated carbocycles. The summed E-state index contributed by atoms with van der Waals surface area (Å²) in [5.41, 5.74) is 3.32. The van der Waals surface area contributed by atoms with Gasteiger partial charge in [-0.3, -0.25) is 0 Å². The maximum Gasteiger partial charge on any atom is 0.318 e. The highest BCUT2D eigenvalue weighted by Crippen LogP contribution is 2.22. The Labute approximate surface area is 153 Å². The van der Waals surface area contributed by atoms with Crippen LogP contribution in [-0.4, -0.2) is 37.7 Å². The van der Waals surface area contributed by atoms with Gasteiger partial charge in [0.25, 0.3) is 0 Å². The first-order chi connectivity index (χ1) is 12.5. The Morgan fingerprint density at radius 2 is 2.15 bits per heavy atom. The number of amides is 2. The van der Waals surface area contributed by atoms with Crippen molar-refractivity contribution in [1.29, 1.82) is 0 Å². The highest BCUT2D eigenvalue weighted by molar-refractivity contribution is 5.84. The molecule has 2 N–H and O–H groups in total. The summed E-state index contributed by atoms with van der Waals surface area (Å²) in [6, 6.07) is 7.83. The normalized spacial score (nSPS) is 12.3. The standard InChI is InChI=1S/C19H26N6O/c1-5-10-25-12-20-23-18(25)14(3)21-19(26)24(4)11-17-13(2)15-8-6-7-9-16(15)22-17/h6-9,12,14,22H,5,10-11H2,1-4H3,(H,21,26)/t14-/m1/s1. The third-order valence-corrected chi connectivity index (χ3v) is 4.65. The maximum absolute atomic E-state index is 12.6. The van der Waals surface area contributed by atoms with Gasteiger partial charge in [0.15, 0.2) is 5.82 Å². The third-order valence-electron chi connectivity index (χ3n) is 4.65. The number of hydrogen-bond donors (Lipinski definition) is 2. The quantitative estimate of drug-likeness (QED) is 0.712. The molecule has 2 heterocycles. The van der Waals surface area contributed by atoms with Gasteiger partial charge in [-0.2, -0.15) is 0 Å². The Kier molecular flexibility index (Phi) is 5.25. The molecule has 2 amide bonds. The summed E-state index contributed by atoms with van der Waals surface area (Å²) in [6.07, 6.45) is 2.70. The SMILES string of the molecule is CCCn1cnnc1[C@@H](C)NC(=O)N(C)Cc1[nH]c2ccccc2c1C. The fraction of sp³-hybridized carbons (Fsp3) is 0.421. The first kappa shape index (κ1) is 18.0. The van der Waals surface area contributed by atoms with Crippen molar-refractivity contribution in [2.45, 2.75) is 46.3 Å². The average molecular weight is 354 g/mol. The molecule has 3 aromatic rings. The van der Waals surface area contributed by atoms with Crippen LogP contribution in [0.4, 0.5) is 4.79 Å². The van der Waals surface area contributed by atoms with Crippen molar-refractivity contribution < 1.29 is 4.79 Å². The minimum Gasteiger partial charge on any atom is -0.357 e. The zero-order valence-electron chi connectivity index (χ0n) is 15.8. The Balaban J connectivity index is 1.67. The molecule has 0 bridgehead atoms. The van der Waals surface area contributed by atoms with E-state index in [1.807, 2.05) is 23.6 Å². The molecule has 0 unspecified atom stereocenters. The molecule has 2 aromatic heterocycles. The van der Waals surface area contributed by atoms with E-state index < -0.39 is 0 Å². The molecular weight excluding hydrogens is 328 g/mol. The predicted molar refractivity (Wildman–Crippen MR) is 102 cm³/mol. The summed E-state index contributed by atoms with van der Waals surface area (Å²) in [4.78, 5) is 17.7. The van der Waals surface area contributed by atoms with Crippen LogP contribution in [-0.2, 0) is 13.1 Å². The van der Waals surface area contributed by atoms with Crippen LogP contribution in [0.5, 0.6) is 0 Å². The smallest absolute Gasteiger partial charge is 0.318 e. The first-order valence-electron chi connectivity index (χ1n) is 8.96. The number of carbonyl (C=O) groups excluding carboxylic acids is 1. The molecule has 0 fully saturated rings. The van der Waals surface area contributed by atoms with E-state index in [1.165, 1.54) is 10.9 Å². The van der Waals surface area contributed by atoms with Crippen LogP contribution >= 0.6 is 0 Å². The van der Waals surface area contributed by atoms with Gasteiger partial charge in [0, 0.05) is 30.2 Å². The Morgan fingerprint density at radius 3 is 2.88 bits per heavy atom. The van der Waals surface area contributed by atoms with Crippen molar-refractivity contribution in [1.82, 2.24) is 30.0 Å². The van der Waals surface area contributed by atoms with Gasteiger partial charge < -0.3 is 19.8 Å². The van der Waals surface area contributed by atoms with Crippen molar-refractivity contribution >= 4 is 16.9 Å². The second-order valence-corrected chi connectivity index (χ2v) is 6.68. The lowest BCUT2D eigenvalue weighted by atomic mass is 10.1. The van der Waals surface area contributed by atoms with E-state index in [0.717, 1.165) is 30.0 Å². The van der Waals surface area contributed by atoms with E-state index in [-0.39, 0.29) is 12.1 Å². The molecule has 0 saturated heterocycles. The summed E-state index contributed by atoms with van der Waals surface area (Å²) in [6.45, 7) is 7.46. The number of rotatable bonds is 6. The van der Waals surface area contributed by atoms with Crippen LogP contribution in [0.15, 0.2) is 30.6 Å². The third kappa shape index (κ3) is 3.56. The van der Waals surface area contributed by atoms with Gasteiger partial charge in [0.2, 0.25) is 0 Å². The van der Waals surface area contributed by atoms with Crippen LogP contribution in [0, 0.1) is 6.92 Å². The molecular formula is C19H26N6O. The summed E-state index contributed by atoms with van der Waals surface area (Å²) >= 11 is 0. The molecule has 1 aromatic carbocycles. The van der Waals surface area contributed by atoms with Crippen molar-refractivity contribution in [3.63, 3.8) is 0 Å². The highest BCUT2D eigenvalue weighted by Gasteiger charge is 2.19. The summed E-state index contributed by atoms with van der Waals surface area (Å²) < 4.78 is 1.98. The maximum atomic E-state index is 12.6. The number of aromatic nitrogens is 4. The fourth-order valence-electron chi connectivity index (χ4n) is 3.18. The number of hydrogen-bond acceptors (Lipinski definition) is 3. The predicted octanol–water partition coefficient (Wildman–Crippen LogP) is 3.38. The second kappa shape index (κ2) is 7.59. The number of aromatic amines is 1. The number of para-hydroxylation sites is 1. The van der Waals surface area contributed by atoms with Crippen LogP contribution in [0.2, 0.25) is 0 Å². The lowest BCUT2D eigenvalue weighted by Gasteiger charge is -2.21. The number of aryl methyl sites for hydroxylation is 2. The summed E-state index contributed by atoms with van der Waals surface area (Å²) in [5, 5.41) is 12.3. The van der Waals surface area contributed by atoms with Crippen LogP contribution < -0.4 is 5.32 Å². The molecule has 7 nitrogen and oxygen atoms in total. The number of urea groups is 1. The number of fused-ring (bicyclic) bond motifs is 1. The summed E-state index contributed by atoms with van der Waals surface area (Å²) in [7, 11) is 1.80. The van der Waals surface area contributed by atoms with Crippen LogP contribution in [0.25, 0.3) is 10.9 Å². The number of benzene rings is 1. The molecule has 0 aliphatic rings. The van der Waals surface area contributed by atoms with Crippen molar-refractivity contribution in [3.05, 3.63) is 47.7 Å². The van der Waals surface area contributed by atoms with Crippen molar-refractivity contribution in [3.8, 4) is 0 Å². The number of H-pyrrole nitrogens is 1. The van der Waals surface area contributed by atoms with Gasteiger partial charge in [-0.15, -0.1) is 10.2 Å². The van der Waals surface area contributed by atoms with Gasteiger partial charge in [-0.25, -0.2) is 4.79 Å².